The lowest BCUT2D eigenvalue weighted by Crippen LogP contribution is -2.42. The molecular formula is C17H20FN5O2. The van der Waals surface area contributed by atoms with Crippen molar-refractivity contribution in [2.45, 2.75) is 32.9 Å². The van der Waals surface area contributed by atoms with Crippen LogP contribution in [0.15, 0.2) is 18.2 Å². The third kappa shape index (κ3) is 3.69. The van der Waals surface area contributed by atoms with Crippen LogP contribution in [0.2, 0.25) is 0 Å². The van der Waals surface area contributed by atoms with Crippen LogP contribution < -0.4 is 16.0 Å². The van der Waals surface area contributed by atoms with E-state index in [2.05, 4.69) is 26.1 Å². The number of aryl methyl sites for hydroxylation is 1. The van der Waals surface area contributed by atoms with Gasteiger partial charge in [-0.05, 0) is 50.6 Å². The summed E-state index contributed by atoms with van der Waals surface area (Å²) in [6.07, 6.45) is 0.712. The summed E-state index contributed by atoms with van der Waals surface area (Å²) >= 11 is 0. The second kappa shape index (κ2) is 7.02. The second-order valence-corrected chi connectivity index (χ2v) is 6.10. The number of nitrogens with zero attached hydrogens (tertiary/aromatic N) is 1. The summed E-state index contributed by atoms with van der Waals surface area (Å²) in [7, 11) is 0. The number of fused-ring (bicyclic) bond motifs is 1. The first-order chi connectivity index (χ1) is 12.0. The minimum atomic E-state index is -0.758. The lowest BCUT2D eigenvalue weighted by atomic mass is 10.1. The van der Waals surface area contributed by atoms with Crippen LogP contribution in [0.5, 0.6) is 0 Å². The highest BCUT2D eigenvalue weighted by Gasteiger charge is 2.24. The van der Waals surface area contributed by atoms with Crippen molar-refractivity contribution in [2.75, 3.05) is 11.9 Å². The van der Waals surface area contributed by atoms with E-state index in [1.54, 1.807) is 13.8 Å². The Kier molecular flexibility index (Phi) is 4.80. The number of amides is 2. The first kappa shape index (κ1) is 17.1. The fourth-order valence-electron chi connectivity index (χ4n) is 2.77. The predicted octanol–water partition coefficient (Wildman–Crippen LogP) is 1.26. The van der Waals surface area contributed by atoms with Gasteiger partial charge in [0.15, 0.2) is 5.69 Å². The standard InChI is InChI=1S/C17H20FN5O2/c1-9-7-11(18)3-4-13(9)21-16(24)10(2)20-17(25)15-12-5-6-19-8-14(12)22-23-15/h3-4,7,10,19H,5-6,8H2,1-2H3,(H,20,25)(H,21,24)(H,22,23). The molecule has 2 amide bonds. The van der Waals surface area contributed by atoms with Crippen LogP contribution in [0, 0.1) is 12.7 Å². The molecule has 8 heteroatoms. The van der Waals surface area contributed by atoms with Crippen molar-refractivity contribution in [2.24, 2.45) is 0 Å². The molecule has 25 heavy (non-hydrogen) atoms. The van der Waals surface area contributed by atoms with Crippen molar-refractivity contribution in [3.05, 3.63) is 46.5 Å². The van der Waals surface area contributed by atoms with Gasteiger partial charge in [-0.2, -0.15) is 5.10 Å². The Hall–Kier alpha value is -2.74. The Morgan fingerprint density at radius 1 is 1.36 bits per heavy atom. The van der Waals surface area contributed by atoms with Crippen LogP contribution in [0.3, 0.4) is 0 Å². The topological polar surface area (TPSA) is 98.9 Å². The first-order valence-corrected chi connectivity index (χ1v) is 8.10. The zero-order valence-electron chi connectivity index (χ0n) is 14.1. The number of benzene rings is 1. The number of anilines is 1. The number of carbonyl (C=O) groups is 2. The van der Waals surface area contributed by atoms with E-state index in [9.17, 15) is 14.0 Å². The van der Waals surface area contributed by atoms with E-state index in [0.29, 0.717) is 29.9 Å². The fourth-order valence-corrected chi connectivity index (χ4v) is 2.77. The smallest absolute Gasteiger partial charge is 0.272 e. The SMILES string of the molecule is Cc1cc(F)ccc1NC(=O)C(C)NC(=O)c1n[nH]c2c1CCNC2. The highest BCUT2D eigenvalue weighted by atomic mass is 19.1. The number of aromatic amines is 1. The van der Waals surface area contributed by atoms with Crippen molar-refractivity contribution in [3.63, 3.8) is 0 Å². The molecule has 132 valence electrons. The molecule has 1 atom stereocenters. The zero-order valence-corrected chi connectivity index (χ0v) is 14.1. The van der Waals surface area contributed by atoms with E-state index in [-0.39, 0.29) is 11.7 Å². The number of rotatable bonds is 4. The number of carbonyl (C=O) groups excluding carboxylic acids is 2. The number of hydrogen-bond acceptors (Lipinski definition) is 4. The Labute approximate surface area is 144 Å². The molecular weight excluding hydrogens is 325 g/mol. The van der Waals surface area contributed by atoms with Gasteiger partial charge in [0.1, 0.15) is 11.9 Å². The largest absolute Gasteiger partial charge is 0.339 e. The van der Waals surface area contributed by atoms with Crippen molar-refractivity contribution >= 4 is 17.5 Å². The van der Waals surface area contributed by atoms with Gasteiger partial charge < -0.3 is 16.0 Å². The Balaban J connectivity index is 1.65. The summed E-state index contributed by atoms with van der Waals surface area (Å²) in [4.78, 5) is 24.7. The summed E-state index contributed by atoms with van der Waals surface area (Å²) in [6.45, 7) is 4.72. The molecule has 0 radical (unpaired) electrons. The Morgan fingerprint density at radius 3 is 2.92 bits per heavy atom. The van der Waals surface area contributed by atoms with Gasteiger partial charge >= 0.3 is 0 Å². The zero-order chi connectivity index (χ0) is 18.0. The third-order valence-corrected chi connectivity index (χ3v) is 4.21. The minimum absolute atomic E-state index is 0.328. The van der Waals surface area contributed by atoms with Crippen molar-refractivity contribution < 1.29 is 14.0 Å². The molecule has 1 aromatic carbocycles. The van der Waals surface area contributed by atoms with Gasteiger partial charge in [-0.3, -0.25) is 14.7 Å². The van der Waals surface area contributed by atoms with Gasteiger partial charge in [-0.15, -0.1) is 0 Å². The Bertz CT molecular complexity index is 817. The average molecular weight is 345 g/mol. The van der Waals surface area contributed by atoms with Crippen LogP contribution in [0.1, 0.15) is 34.2 Å². The van der Waals surface area contributed by atoms with Crippen LogP contribution in [0.4, 0.5) is 10.1 Å². The fraction of sp³-hybridized carbons (Fsp3) is 0.353. The number of nitrogens with one attached hydrogen (secondary N) is 4. The third-order valence-electron chi connectivity index (χ3n) is 4.21. The van der Waals surface area contributed by atoms with Gasteiger partial charge in [0.05, 0.1) is 5.69 Å². The molecule has 0 saturated carbocycles. The summed E-state index contributed by atoms with van der Waals surface area (Å²) < 4.78 is 13.1. The number of aromatic nitrogens is 2. The summed E-state index contributed by atoms with van der Waals surface area (Å²) in [5.41, 5.74) is 3.24. The van der Waals surface area contributed by atoms with Crippen molar-refractivity contribution in [1.29, 1.82) is 0 Å². The normalized spacial score (nSPS) is 14.5. The van der Waals surface area contributed by atoms with Gasteiger partial charge in [-0.1, -0.05) is 0 Å². The van der Waals surface area contributed by atoms with Gasteiger partial charge in [0.2, 0.25) is 5.91 Å². The van der Waals surface area contributed by atoms with Crippen molar-refractivity contribution in [1.82, 2.24) is 20.8 Å². The molecule has 0 saturated heterocycles. The molecule has 3 rings (SSSR count). The molecule has 0 bridgehead atoms. The lowest BCUT2D eigenvalue weighted by molar-refractivity contribution is -0.117. The highest BCUT2D eigenvalue weighted by molar-refractivity contribution is 6.01. The highest BCUT2D eigenvalue weighted by Crippen LogP contribution is 2.17. The van der Waals surface area contributed by atoms with Crippen LogP contribution in [-0.2, 0) is 17.8 Å². The average Bonchev–Trinajstić information content (AvgIpc) is 3.01. The maximum atomic E-state index is 13.1. The number of halogens is 1. The van der Waals surface area contributed by atoms with E-state index < -0.39 is 11.9 Å². The second-order valence-electron chi connectivity index (χ2n) is 6.10. The summed E-state index contributed by atoms with van der Waals surface area (Å²) in [6, 6.07) is 3.35. The predicted molar refractivity (Wildman–Crippen MR) is 90.7 cm³/mol. The molecule has 2 heterocycles. The summed E-state index contributed by atoms with van der Waals surface area (Å²) in [5, 5.41) is 15.5. The van der Waals surface area contributed by atoms with Crippen LogP contribution in [0.25, 0.3) is 0 Å². The van der Waals surface area contributed by atoms with Gasteiger partial charge in [0.25, 0.3) is 5.91 Å². The van der Waals surface area contributed by atoms with Gasteiger partial charge in [-0.25, -0.2) is 4.39 Å². The van der Waals surface area contributed by atoms with E-state index in [0.717, 1.165) is 17.8 Å². The van der Waals surface area contributed by atoms with Crippen molar-refractivity contribution in [3.8, 4) is 0 Å². The molecule has 1 unspecified atom stereocenters. The summed E-state index contributed by atoms with van der Waals surface area (Å²) in [5.74, 6) is -1.14. The maximum Gasteiger partial charge on any atom is 0.272 e. The molecule has 1 aromatic heterocycles. The number of H-pyrrole nitrogens is 1. The molecule has 1 aliphatic rings. The van der Waals surface area contributed by atoms with Gasteiger partial charge in [0, 0.05) is 17.8 Å². The maximum absolute atomic E-state index is 13.1. The minimum Gasteiger partial charge on any atom is -0.339 e. The monoisotopic (exact) mass is 345 g/mol. The van der Waals surface area contributed by atoms with E-state index in [1.165, 1.54) is 18.2 Å². The lowest BCUT2D eigenvalue weighted by Gasteiger charge is -2.16. The molecule has 0 aliphatic carbocycles. The molecule has 0 fully saturated rings. The molecule has 0 spiro atoms. The first-order valence-electron chi connectivity index (χ1n) is 8.10. The molecule has 1 aliphatic heterocycles. The Morgan fingerprint density at radius 2 is 2.16 bits per heavy atom. The van der Waals surface area contributed by atoms with E-state index in [1.807, 2.05) is 0 Å². The number of hydrogen-bond donors (Lipinski definition) is 4. The molecule has 4 N–H and O–H groups in total. The van der Waals surface area contributed by atoms with E-state index >= 15 is 0 Å². The molecule has 2 aromatic rings. The quantitative estimate of drug-likeness (QED) is 0.670. The molecule has 7 nitrogen and oxygen atoms in total. The van der Waals surface area contributed by atoms with E-state index in [4.69, 9.17) is 0 Å². The van der Waals surface area contributed by atoms with Crippen LogP contribution >= 0.6 is 0 Å². The van der Waals surface area contributed by atoms with Crippen LogP contribution in [-0.4, -0.2) is 34.6 Å².